The van der Waals surface area contributed by atoms with Crippen LogP contribution in [0.1, 0.15) is 96.5 Å². The summed E-state index contributed by atoms with van der Waals surface area (Å²) in [5.41, 5.74) is -0.528. The molecule has 1 aromatic heterocycles. The summed E-state index contributed by atoms with van der Waals surface area (Å²) in [7, 11) is 0. The number of aromatic nitrogens is 2. The van der Waals surface area contributed by atoms with E-state index in [-0.39, 0.29) is 47.1 Å². The van der Waals surface area contributed by atoms with Crippen molar-refractivity contribution >= 4 is 23.7 Å². The summed E-state index contributed by atoms with van der Waals surface area (Å²) in [6.07, 6.45) is 11.9. The third kappa shape index (κ3) is 6.99. The summed E-state index contributed by atoms with van der Waals surface area (Å²) in [5, 5.41) is 5.88. The molecule has 2 heterocycles. The largest absolute Gasteiger partial charge is 0.458 e. The van der Waals surface area contributed by atoms with E-state index in [9.17, 15) is 19.2 Å². The molecule has 10 heteroatoms. The lowest BCUT2D eigenvalue weighted by Crippen LogP contribution is -2.59. The van der Waals surface area contributed by atoms with Gasteiger partial charge in [0.15, 0.2) is 0 Å². The molecule has 3 fully saturated rings. The number of carbonyl (C=O) groups is 4. The smallest absolute Gasteiger partial charge is 0.329 e. The highest BCUT2D eigenvalue weighted by Gasteiger charge is 2.52. The van der Waals surface area contributed by atoms with E-state index >= 15 is 0 Å². The fourth-order valence-corrected chi connectivity index (χ4v) is 6.63. The Hall–Kier alpha value is -3.04. The molecule has 0 radical (unpaired) electrons. The number of likely N-dealkylation sites (tertiary alicyclic amines) is 1. The summed E-state index contributed by atoms with van der Waals surface area (Å²) >= 11 is 0. The van der Waals surface area contributed by atoms with E-state index in [1.807, 2.05) is 34.6 Å². The molecule has 0 unspecified atom stereocenters. The zero-order chi connectivity index (χ0) is 29.0. The monoisotopic (exact) mass is 555 g/mol. The van der Waals surface area contributed by atoms with Gasteiger partial charge >= 0.3 is 5.97 Å². The lowest BCUT2D eigenvalue weighted by atomic mass is 9.83. The molecule has 0 bridgehead atoms. The number of ether oxygens (including phenoxy) is 1. The maximum absolute atomic E-state index is 14.1. The minimum absolute atomic E-state index is 0.0436. The van der Waals surface area contributed by atoms with Crippen LogP contribution in [0.3, 0.4) is 0 Å². The zero-order valence-electron chi connectivity index (χ0n) is 24.5. The van der Waals surface area contributed by atoms with Gasteiger partial charge in [0, 0.05) is 18.9 Å². The number of rotatable bonds is 8. The first-order chi connectivity index (χ1) is 19.0. The third-order valence-electron chi connectivity index (χ3n) is 8.54. The highest BCUT2D eigenvalue weighted by Crippen LogP contribution is 2.43. The minimum Gasteiger partial charge on any atom is -0.458 e. The van der Waals surface area contributed by atoms with Gasteiger partial charge in [-0.1, -0.05) is 39.5 Å². The normalized spacial score (nSPS) is 24.8. The van der Waals surface area contributed by atoms with E-state index in [0.29, 0.717) is 6.54 Å². The quantitative estimate of drug-likeness (QED) is 0.471. The van der Waals surface area contributed by atoms with Crippen LogP contribution in [-0.2, 0) is 19.1 Å². The van der Waals surface area contributed by atoms with Crippen molar-refractivity contribution in [3.8, 4) is 0 Å². The maximum Gasteiger partial charge on any atom is 0.329 e. The van der Waals surface area contributed by atoms with Gasteiger partial charge in [0.1, 0.15) is 29.4 Å². The van der Waals surface area contributed by atoms with Crippen LogP contribution in [0.15, 0.2) is 18.6 Å². The zero-order valence-corrected chi connectivity index (χ0v) is 24.5. The van der Waals surface area contributed by atoms with E-state index < -0.39 is 29.6 Å². The molecule has 1 saturated heterocycles. The predicted molar refractivity (Wildman–Crippen MR) is 149 cm³/mol. The Balaban J connectivity index is 1.54. The summed E-state index contributed by atoms with van der Waals surface area (Å²) in [6, 6.07) is -2.29. The molecule has 220 valence electrons. The Kier molecular flexibility index (Phi) is 9.46. The number of nitrogens with one attached hydrogen (secondary N) is 2. The van der Waals surface area contributed by atoms with Crippen molar-refractivity contribution < 1.29 is 23.9 Å². The molecule has 2 aliphatic carbocycles. The topological polar surface area (TPSA) is 131 Å². The van der Waals surface area contributed by atoms with E-state index in [1.165, 1.54) is 18.6 Å². The van der Waals surface area contributed by atoms with Gasteiger partial charge in [0.25, 0.3) is 5.91 Å². The number of amides is 3. The molecule has 4 rings (SSSR count). The van der Waals surface area contributed by atoms with Crippen LogP contribution >= 0.6 is 0 Å². The molecule has 1 aromatic rings. The number of esters is 1. The first-order valence-electron chi connectivity index (χ1n) is 14.9. The third-order valence-corrected chi connectivity index (χ3v) is 8.54. The van der Waals surface area contributed by atoms with E-state index in [0.717, 1.165) is 51.4 Å². The summed E-state index contributed by atoms with van der Waals surface area (Å²) < 4.78 is 5.76. The molecule has 10 nitrogen and oxygen atoms in total. The SMILES string of the molecule is CC(C)[C@H](NC(=O)[C@@H](NC(=O)c1cnccn1)C1CCCCC1)C(=O)N1C[C@@H]2CCC[C@@H]2[C@H]1C(=O)OC(C)(C)C. The van der Waals surface area contributed by atoms with Crippen LogP contribution in [0.4, 0.5) is 0 Å². The van der Waals surface area contributed by atoms with Gasteiger partial charge in [-0.05, 0) is 70.1 Å². The van der Waals surface area contributed by atoms with E-state index in [1.54, 1.807) is 4.90 Å². The Bertz CT molecular complexity index is 1070. The van der Waals surface area contributed by atoms with Gasteiger partial charge < -0.3 is 20.3 Å². The minimum atomic E-state index is -0.837. The van der Waals surface area contributed by atoms with Gasteiger partial charge in [0.2, 0.25) is 11.8 Å². The predicted octanol–water partition coefficient (Wildman–Crippen LogP) is 3.26. The number of carbonyl (C=O) groups excluding carboxylic acids is 4. The molecule has 1 aliphatic heterocycles. The van der Waals surface area contributed by atoms with Crippen LogP contribution in [0, 0.1) is 23.7 Å². The Morgan fingerprint density at radius 1 is 0.975 bits per heavy atom. The van der Waals surface area contributed by atoms with Crippen LogP contribution in [-0.4, -0.2) is 68.8 Å². The summed E-state index contributed by atoms with van der Waals surface area (Å²) in [4.78, 5) is 63.9. The fourth-order valence-electron chi connectivity index (χ4n) is 6.63. The molecule has 2 N–H and O–H groups in total. The molecule has 5 atom stereocenters. The van der Waals surface area contributed by atoms with Gasteiger partial charge in [0.05, 0.1) is 6.20 Å². The second-order valence-electron chi connectivity index (χ2n) is 13.0. The summed E-state index contributed by atoms with van der Waals surface area (Å²) in [6.45, 7) is 9.75. The molecule has 0 aromatic carbocycles. The summed E-state index contributed by atoms with van der Waals surface area (Å²) in [5.74, 6) is -1.43. The van der Waals surface area contributed by atoms with Crippen molar-refractivity contribution in [2.24, 2.45) is 23.7 Å². The molecular formula is C30H45N5O5. The first kappa shape index (κ1) is 29.9. The van der Waals surface area contributed by atoms with Gasteiger partial charge in [-0.2, -0.15) is 0 Å². The number of hydrogen-bond acceptors (Lipinski definition) is 7. The van der Waals surface area contributed by atoms with Crippen molar-refractivity contribution in [3.05, 3.63) is 24.3 Å². The molecule has 40 heavy (non-hydrogen) atoms. The average Bonchev–Trinajstić information content (AvgIpc) is 3.51. The van der Waals surface area contributed by atoms with Crippen molar-refractivity contribution in [2.45, 2.75) is 110 Å². The van der Waals surface area contributed by atoms with Gasteiger partial charge in [-0.25, -0.2) is 9.78 Å². The molecule has 0 spiro atoms. The highest BCUT2D eigenvalue weighted by atomic mass is 16.6. The van der Waals surface area contributed by atoms with E-state index in [4.69, 9.17) is 4.74 Å². The van der Waals surface area contributed by atoms with Crippen molar-refractivity contribution in [1.29, 1.82) is 0 Å². The van der Waals surface area contributed by atoms with Crippen LogP contribution in [0.2, 0.25) is 0 Å². The first-order valence-corrected chi connectivity index (χ1v) is 14.9. The second kappa shape index (κ2) is 12.6. The van der Waals surface area contributed by atoms with Gasteiger partial charge in [-0.3, -0.25) is 19.4 Å². The Labute approximate surface area is 237 Å². The maximum atomic E-state index is 14.1. The standard InChI is InChI=1S/C30H45N5O5/c1-18(2)23(28(38)35-17-20-12-9-13-21(20)25(35)29(39)40-30(3,4)5)33-27(37)24(19-10-7-6-8-11-19)34-26(36)22-16-31-14-15-32-22/h14-16,18-21,23-25H,6-13,17H2,1-5H3,(H,33,37)(H,34,36)/t20-,21-,23-,24-,25-/m0/s1. The average molecular weight is 556 g/mol. The fraction of sp³-hybridized carbons (Fsp3) is 0.733. The Morgan fingerprint density at radius 2 is 1.70 bits per heavy atom. The van der Waals surface area contributed by atoms with Crippen LogP contribution < -0.4 is 10.6 Å². The lowest BCUT2D eigenvalue weighted by molar-refractivity contribution is -0.165. The number of fused-ring (bicyclic) bond motifs is 1. The Morgan fingerprint density at radius 3 is 2.33 bits per heavy atom. The molecule has 3 aliphatic rings. The van der Waals surface area contributed by atoms with E-state index in [2.05, 4.69) is 20.6 Å². The number of hydrogen-bond donors (Lipinski definition) is 2. The molecular weight excluding hydrogens is 510 g/mol. The van der Waals surface area contributed by atoms with Gasteiger partial charge in [-0.15, -0.1) is 0 Å². The highest BCUT2D eigenvalue weighted by molar-refractivity contribution is 5.97. The second-order valence-corrected chi connectivity index (χ2v) is 13.0. The lowest BCUT2D eigenvalue weighted by Gasteiger charge is -2.35. The molecule has 2 saturated carbocycles. The van der Waals surface area contributed by atoms with Crippen LogP contribution in [0.25, 0.3) is 0 Å². The van der Waals surface area contributed by atoms with Crippen LogP contribution in [0.5, 0.6) is 0 Å². The number of nitrogens with zero attached hydrogens (tertiary/aromatic N) is 3. The van der Waals surface area contributed by atoms with Crippen molar-refractivity contribution in [1.82, 2.24) is 25.5 Å². The van der Waals surface area contributed by atoms with Crippen molar-refractivity contribution in [3.63, 3.8) is 0 Å². The van der Waals surface area contributed by atoms with Crippen molar-refractivity contribution in [2.75, 3.05) is 6.54 Å². The molecule has 3 amide bonds.